The van der Waals surface area contributed by atoms with E-state index in [1.807, 2.05) is 18.2 Å². The number of aliphatic imine (C=N–C) groups is 1. The second-order valence-corrected chi connectivity index (χ2v) is 6.70. The minimum Gasteiger partial charge on any atom is -0.493 e. The van der Waals surface area contributed by atoms with Gasteiger partial charge in [-0.2, -0.15) is 0 Å². The fourth-order valence-electron chi connectivity index (χ4n) is 2.32. The van der Waals surface area contributed by atoms with Gasteiger partial charge in [0.1, 0.15) is 5.01 Å². The van der Waals surface area contributed by atoms with Gasteiger partial charge in [-0.1, -0.05) is 26.0 Å². The van der Waals surface area contributed by atoms with Gasteiger partial charge in [0, 0.05) is 24.5 Å². The molecule has 0 aliphatic heterocycles. The van der Waals surface area contributed by atoms with Crippen molar-refractivity contribution >= 4 is 41.3 Å². The minimum absolute atomic E-state index is 0. The van der Waals surface area contributed by atoms with Crippen molar-refractivity contribution in [2.75, 3.05) is 21.3 Å². The average Bonchev–Trinajstić information content (AvgIpc) is 3.10. The van der Waals surface area contributed by atoms with E-state index in [1.165, 1.54) is 0 Å². The van der Waals surface area contributed by atoms with Crippen molar-refractivity contribution in [3.05, 3.63) is 39.8 Å². The third-order valence-electron chi connectivity index (χ3n) is 3.72. The number of rotatable bonds is 7. The Morgan fingerprint density at radius 3 is 2.50 bits per heavy atom. The van der Waals surface area contributed by atoms with Gasteiger partial charge < -0.3 is 20.1 Å². The Kier molecular flexibility index (Phi) is 9.71. The first kappa shape index (κ1) is 22.5. The molecule has 6 nitrogen and oxygen atoms in total. The van der Waals surface area contributed by atoms with Gasteiger partial charge in [-0.3, -0.25) is 4.99 Å². The number of benzene rings is 1. The molecule has 0 saturated carbocycles. The van der Waals surface area contributed by atoms with Crippen LogP contribution < -0.4 is 20.1 Å². The largest absolute Gasteiger partial charge is 0.493 e. The van der Waals surface area contributed by atoms with Crippen LogP contribution in [0.15, 0.2) is 28.6 Å². The summed E-state index contributed by atoms with van der Waals surface area (Å²) >= 11 is 1.66. The smallest absolute Gasteiger partial charge is 0.191 e. The molecule has 2 rings (SSSR count). The van der Waals surface area contributed by atoms with Gasteiger partial charge in [0.05, 0.1) is 26.5 Å². The van der Waals surface area contributed by atoms with E-state index in [0.29, 0.717) is 30.7 Å². The summed E-state index contributed by atoms with van der Waals surface area (Å²) in [6.07, 6.45) is 0. The summed E-state index contributed by atoms with van der Waals surface area (Å²) in [5, 5.41) is 9.74. The molecule has 0 saturated heterocycles. The molecule has 0 amide bonds. The number of ether oxygens (including phenoxy) is 2. The van der Waals surface area contributed by atoms with Gasteiger partial charge in [0.2, 0.25) is 0 Å². The summed E-state index contributed by atoms with van der Waals surface area (Å²) in [6, 6.07) is 5.82. The molecule has 0 spiro atoms. The second-order valence-electron chi connectivity index (χ2n) is 5.75. The summed E-state index contributed by atoms with van der Waals surface area (Å²) in [4.78, 5) is 8.88. The zero-order chi connectivity index (χ0) is 18.2. The fourth-order valence-corrected chi connectivity index (χ4v) is 3.22. The summed E-state index contributed by atoms with van der Waals surface area (Å²) < 4.78 is 10.8. The van der Waals surface area contributed by atoms with E-state index in [2.05, 4.69) is 39.8 Å². The highest BCUT2D eigenvalue weighted by Crippen LogP contribution is 2.30. The number of guanidine groups is 1. The van der Waals surface area contributed by atoms with Crippen LogP contribution in [0.3, 0.4) is 0 Å². The van der Waals surface area contributed by atoms with Crippen molar-refractivity contribution in [2.24, 2.45) is 4.99 Å². The molecule has 0 radical (unpaired) electrons. The maximum absolute atomic E-state index is 5.45. The van der Waals surface area contributed by atoms with Crippen LogP contribution in [0.25, 0.3) is 0 Å². The van der Waals surface area contributed by atoms with Crippen LogP contribution in [-0.2, 0) is 13.1 Å². The molecule has 0 unspecified atom stereocenters. The molecule has 1 heterocycles. The van der Waals surface area contributed by atoms with E-state index in [9.17, 15) is 0 Å². The van der Waals surface area contributed by atoms with Crippen LogP contribution in [0.5, 0.6) is 11.5 Å². The SMILES string of the molecule is CN=C(NCc1nc(C(C)C)cs1)NCc1cccc(OC)c1OC.I. The molecule has 1 aromatic heterocycles. The van der Waals surface area contributed by atoms with E-state index in [4.69, 9.17) is 9.47 Å². The van der Waals surface area contributed by atoms with Crippen LogP contribution >= 0.6 is 35.3 Å². The summed E-state index contributed by atoms with van der Waals surface area (Å²) in [5.41, 5.74) is 2.13. The highest BCUT2D eigenvalue weighted by Gasteiger charge is 2.10. The zero-order valence-corrected chi connectivity index (χ0v) is 19.0. The topological polar surface area (TPSA) is 67.8 Å². The monoisotopic (exact) mass is 490 g/mol. The Morgan fingerprint density at radius 1 is 1.19 bits per heavy atom. The van der Waals surface area contributed by atoms with E-state index >= 15 is 0 Å². The highest BCUT2D eigenvalue weighted by molar-refractivity contribution is 14.0. The third kappa shape index (κ3) is 6.01. The van der Waals surface area contributed by atoms with Crippen LogP contribution in [0.4, 0.5) is 0 Å². The molecule has 0 atom stereocenters. The molecule has 0 bridgehead atoms. The van der Waals surface area contributed by atoms with Gasteiger partial charge in [0.25, 0.3) is 0 Å². The molecule has 26 heavy (non-hydrogen) atoms. The Hall–Kier alpha value is -1.55. The number of hydrogen-bond donors (Lipinski definition) is 2. The van der Waals surface area contributed by atoms with Gasteiger partial charge in [-0.25, -0.2) is 4.98 Å². The number of para-hydroxylation sites is 1. The zero-order valence-electron chi connectivity index (χ0n) is 15.8. The van der Waals surface area contributed by atoms with Gasteiger partial charge in [0.15, 0.2) is 17.5 Å². The first-order valence-corrected chi connectivity index (χ1v) is 9.05. The summed E-state index contributed by atoms with van der Waals surface area (Å²) in [7, 11) is 5.03. The van der Waals surface area contributed by atoms with Crippen molar-refractivity contribution in [3.8, 4) is 11.5 Å². The fraction of sp³-hybridized carbons (Fsp3) is 0.444. The summed E-state index contributed by atoms with van der Waals surface area (Å²) in [6.45, 7) is 5.52. The second kappa shape index (κ2) is 11.2. The molecule has 1 aromatic carbocycles. The van der Waals surface area contributed by atoms with Crippen LogP contribution in [-0.4, -0.2) is 32.2 Å². The molecular formula is C18H27IN4O2S. The number of nitrogens with zero attached hydrogens (tertiary/aromatic N) is 2. The molecule has 8 heteroatoms. The lowest BCUT2D eigenvalue weighted by atomic mass is 10.2. The molecular weight excluding hydrogens is 463 g/mol. The molecule has 144 valence electrons. The lowest BCUT2D eigenvalue weighted by Gasteiger charge is -2.15. The van der Waals surface area contributed by atoms with E-state index in [0.717, 1.165) is 22.0 Å². The van der Waals surface area contributed by atoms with Crippen molar-refractivity contribution in [1.82, 2.24) is 15.6 Å². The van der Waals surface area contributed by atoms with Gasteiger partial charge in [-0.05, 0) is 12.0 Å². The molecule has 0 aliphatic carbocycles. The van der Waals surface area contributed by atoms with Crippen molar-refractivity contribution in [1.29, 1.82) is 0 Å². The quantitative estimate of drug-likeness (QED) is 0.352. The van der Waals surface area contributed by atoms with E-state index in [1.54, 1.807) is 32.6 Å². The molecule has 2 aromatic rings. The molecule has 2 N–H and O–H groups in total. The number of methoxy groups -OCH3 is 2. The van der Waals surface area contributed by atoms with Crippen LogP contribution in [0.2, 0.25) is 0 Å². The number of nitrogens with one attached hydrogen (secondary N) is 2. The minimum atomic E-state index is 0. The first-order chi connectivity index (χ1) is 12.1. The van der Waals surface area contributed by atoms with Crippen LogP contribution in [0.1, 0.15) is 36.0 Å². The Morgan fingerprint density at radius 2 is 1.92 bits per heavy atom. The lowest BCUT2D eigenvalue weighted by molar-refractivity contribution is 0.351. The molecule has 0 aliphatic rings. The third-order valence-corrected chi connectivity index (χ3v) is 4.59. The standard InChI is InChI=1S/C18H26N4O2S.HI/c1-12(2)14-11-25-16(22-14)10-21-18(19-3)20-9-13-7-6-8-15(23-4)17(13)24-5;/h6-8,11-12H,9-10H2,1-5H3,(H2,19,20,21);1H. The van der Waals surface area contributed by atoms with Crippen LogP contribution in [0, 0.1) is 0 Å². The van der Waals surface area contributed by atoms with E-state index < -0.39 is 0 Å². The maximum atomic E-state index is 5.45. The number of aromatic nitrogens is 1. The van der Waals surface area contributed by atoms with Crippen molar-refractivity contribution < 1.29 is 9.47 Å². The maximum Gasteiger partial charge on any atom is 0.191 e. The average molecular weight is 490 g/mol. The summed E-state index contributed by atoms with van der Waals surface area (Å²) in [5.74, 6) is 2.61. The number of halogens is 1. The molecule has 0 fully saturated rings. The Labute approximate surface area is 176 Å². The predicted octanol–water partition coefficient (Wildman–Crippen LogP) is 3.77. The first-order valence-electron chi connectivity index (χ1n) is 8.17. The normalized spacial score (nSPS) is 11.1. The van der Waals surface area contributed by atoms with Crippen molar-refractivity contribution in [2.45, 2.75) is 32.9 Å². The Balaban J connectivity index is 0.00000338. The highest BCUT2D eigenvalue weighted by atomic mass is 127. The Bertz CT molecular complexity index is 719. The van der Waals surface area contributed by atoms with Crippen molar-refractivity contribution in [3.63, 3.8) is 0 Å². The van der Waals surface area contributed by atoms with Gasteiger partial charge in [-0.15, -0.1) is 35.3 Å². The van der Waals surface area contributed by atoms with E-state index in [-0.39, 0.29) is 24.0 Å². The number of hydrogen-bond acceptors (Lipinski definition) is 5. The predicted molar refractivity (Wildman–Crippen MR) is 118 cm³/mol. The number of thiazole rings is 1. The lowest BCUT2D eigenvalue weighted by Crippen LogP contribution is -2.36. The van der Waals surface area contributed by atoms with Gasteiger partial charge >= 0.3 is 0 Å².